The molecular formula is C66H66O4P4. The van der Waals surface area contributed by atoms with Gasteiger partial charge in [0.2, 0.25) is 0 Å². The highest BCUT2D eigenvalue weighted by molar-refractivity contribution is 7.95. The molecule has 8 heteroatoms. The third-order valence-corrected chi connectivity index (χ3v) is 27.3. The minimum absolute atomic E-state index is 0.175. The summed E-state index contributed by atoms with van der Waals surface area (Å²) in [6.07, 6.45) is 0. The van der Waals surface area contributed by atoms with Crippen molar-refractivity contribution >= 4 is 92.2 Å². The van der Waals surface area contributed by atoms with Crippen LogP contribution in [-0.4, -0.2) is 0 Å². The molecule has 3 atom stereocenters. The molecule has 0 saturated heterocycles. The summed E-state index contributed by atoms with van der Waals surface area (Å²) in [6, 6.07) is 74.6. The monoisotopic (exact) mass is 1050 g/mol. The lowest BCUT2D eigenvalue weighted by molar-refractivity contribution is 0.581. The fraction of sp³-hybridized carbons (Fsp3) is 0.182. The van der Waals surface area contributed by atoms with Gasteiger partial charge in [0, 0.05) is 63.7 Å². The van der Waals surface area contributed by atoms with E-state index >= 15 is 18.3 Å². The van der Waals surface area contributed by atoms with E-state index in [0.29, 0.717) is 42.4 Å². The maximum Gasteiger partial charge on any atom is 0.172 e. The standard InChI is InChI=1S/C66H66O4P4/c1-64(2,3)54-41-25-28-44-57(54)72(68,51-35-19-12-20-36-51)61-48-47-60(71(67,49-31-15-10-16-32-49)50-33-17-11-18-34-50)62(73(69,52-37-21-13-22-38-52)58-45-29-26-42-55(58)65(4,5)6)63(61)74(70,53-39-23-14-24-40-53)59-46-30-27-43-56(59)66(7,8)9/h10-48H,1-9H3. The minimum Gasteiger partial charge on any atom is -0.309 e. The third-order valence-electron chi connectivity index (χ3n) is 14.2. The first kappa shape index (κ1) is 52.8. The molecule has 0 radical (unpaired) electrons. The molecule has 0 fully saturated rings. The van der Waals surface area contributed by atoms with Crippen molar-refractivity contribution in [3.63, 3.8) is 0 Å². The molecule has 9 aromatic carbocycles. The van der Waals surface area contributed by atoms with Gasteiger partial charge < -0.3 is 18.3 Å². The molecule has 0 amide bonds. The van der Waals surface area contributed by atoms with Gasteiger partial charge in [-0.1, -0.05) is 287 Å². The molecule has 0 N–H and O–H groups in total. The van der Waals surface area contributed by atoms with Crippen LogP contribution in [0, 0.1) is 0 Å². The second-order valence-corrected chi connectivity index (χ2v) is 33.0. The Morgan fingerprint density at radius 3 is 0.689 bits per heavy atom. The zero-order valence-electron chi connectivity index (χ0n) is 43.9. The molecule has 0 spiro atoms. The molecule has 0 aliphatic heterocycles. The van der Waals surface area contributed by atoms with Crippen molar-refractivity contribution < 1.29 is 18.3 Å². The third kappa shape index (κ3) is 9.18. The van der Waals surface area contributed by atoms with E-state index in [1.165, 1.54) is 0 Å². The maximum atomic E-state index is 18.9. The van der Waals surface area contributed by atoms with Crippen molar-refractivity contribution in [1.82, 2.24) is 0 Å². The molecule has 74 heavy (non-hydrogen) atoms. The van der Waals surface area contributed by atoms with Crippen LogP contribution >= 0.6 is 28.6 Å². The lowest BCUT2D eigenvalue weighted by Gasteiger charge is -2.38. The maximum absolute atomic E-state index is 18.9. The Kier molecular flexibility index (Phi) is 14.4. The average molecular weight is 1050 g/mol. The van der Waals surface area contributed by atoms with Gasteiger partial charge in [-0.05, 0) is 45.1 Å². The van der Waals surface area contributed by atoms with Gasteiger partial charge >= 0.3 is 0 Å². The first-order chi connectivity index (χ1) is 35.2. The van der Waals surface area contributed by atoms with Crippen LogP contribution in [0.15, 0.2) is 237 Å². The van der Waals surface area contributed by atoms with E-state index in [9.17, 15) is 0 Å². The van der Waals surface area contributed by atoms with Gasteiger partial charge in [-0.15, -0.1) is 0 Å². The summed E-state index contributed by atoms with van der Waals surface area (Å²) < 4.78 is 73.9. The van der Waals surface area contributed by atoms with Gasteiger partial charge in [0.1, 0.15) is 0 Å². The molecular weight excluding hydrogens is 981 g/mol. The molecule has 0 aromatic heterocycles. The molecule has 374 valence electrons. The van der Waals surface area contributed by atoms with Crippen LogP contribution in [0.25, 0.3) is 0 Å². The normalized spacial score (nSPS) is 14.8. The van der Waals surface area contributed by atoms with E-state index < -0.39 is 44.8 Å². The highest BCUT2D eigenvalue weighted by Gasteiger charge is 2.52. The van der Waals surface area contributed by atoms with Crippen molar-refractivity contribution in [2.75, 3.05) is 0 Å². The molecule has 4 nitrogen and oxygen atoms in total. The van der Waals surface area contributed by atoms with E-state index in [-0.39, 0.29) is 21.2 Å². The van der Waals surface area contributed by atoms with E-state index in [2.05, 4.69) is 62.3 Å². The van der Waals surface area contributed by atoms with Crippen molar-refractivity contribution in [3.8, 4) is 0 Å². The van der Waals surface area contributed by atoms with Gasteiger partial charge in [0.15, 0.2) is 28.6 Å². The van der Waals surface area contributed by atoms with Crippen LogP contribution < -0.4 is 63.7 Å². The fourth-order valence-corrected chi connectivity index (χ4v) is 25.7. The second-order valence-electron chi connectivity index (χ2n) is 22.2. The van der Waals surface area contributed by atoms with Gasteiger partial charge in [0.05, 0.1) is 0 Å². The predicted molar refractivity (Wildman–Crippen MR) is 320 cm³/mol. The van der Waals surface area contributed by atoms with Gasteiger partial charge in [0.25, 0.3) is 0 Å². The number of rotatable bonds is 12. The molecule has 9 rings (SSSR count). The van der Waals surface area contributed by atoms with Crippen LogP contribution in [0.3, 0.4) is 0 Å². The van der Waals surface area contributed by atoms with Crippen LogP contribution in [0.2, 0.25) is 0 Å². The zero-order valence-corrected chi connectivity index (χ0v) is 47.5. The largest absolute Gasteiger partial charge is 0.309 e. The Labute approximate surface area is 439 Å². The van der Waals surface area contributed by atoms with E-state index in [0.717, 1.165) is 16.7 Å². The smallest absolute Gasteiger partial charge is 0.172 e. The first-order valence-corrected chi connectivity index (χ1v) is 32.2. The Morgan fingerprint density at radius 1 is 0.216 bits per heavy atom. The van der Waals surface area contributed by atoms with Gasteiger partial charge in [-0.25, -0.2) is 0 Å². The summed E-state index contributed by atoms with van der Waals surface area (Å²) in [5, 5.41) is 5.05. The Hall–Kier alpha value is -6.10. The van der Waals surface area contributed by atoms with Gasteiger partial charge in [-0.2, -0.15) is 0 Å². The molecule has 0 aliphatic rings. The number of hydrogen-bond acceptors (Lipinski definition) is 4. The summed E-state index contributed by atoms with van der Waals surface area (Å²) in [7, 11) is -17.5. The summed E-state index contributed by atoms with van der Waals surface area (Å²) in [6.45, 7) is 19.0. The number of hydrogen-bond donors (Lipinski definition) is 0. The lowest BCUT2D eigenvalue weighted by atomic mass is 9.87. The zero-order chi connectivity index (χ0) is 52.7. The molecule has 3 unspecified atom stereocenters. The molecule has 0 aliphatic carbocycles. The second kappa shape index (κ2) is 20.2. The fourth-order valence-electron chi connectivity index (χ4n) is 10.6. The topological polar surface area (TPSA) is 68.3 Å². The Bertz CT molecular complexity index is 3620. The van der Waals surface area contributed by atoms with Crippen molar-refractivity contribution in [2.45, 2.75) is 78.6 Å². The summed E-state index contributed by atoms with van der Waals surface area (Å²) in [5.41, 5.74) is 0.862. The first-order valence-electron chi connectivity index (χ1n) is 25.4. The molecule has 0 bridgehead atoms. The van der Waals surface area contributed by atoms with Gasteiger partial charge in [-0.3, -0.25) is 0 Å². The van der Waals surface area contributed by atoms with E-state index in [1.807, 2.05) is 237 Å². The lowest BCUT2D eigenvalue weighted by Crippen LogP contribution is -2.54. The molecule has 9 aromatic rings. The highest BCUT2D eigenvalue weighted by Crippen LogP contribution is 2.56. The highest BCUT2D eigenvalue weighted by atomic mass is 31.2. The molecule has 0 heterocycles. The van der Waals surface area contributed by atoms with Crippen molar-refractivity contribution in [2.24, 2.45) is 0 Å². The predicted octanol–water partition coefficient (Wildman–Crippen LogP) is 12.1. The Morgan fingerprint density at radius 2 is 0.419 bits per heavy atom. The molecule has 0 saturated carbocycles. The van der Waals surface area contributed by atoms with Crippen LogP contribution in [0.5, 0.6) is 0 Å². The van der Waals surface area contributed by atoms with Crippen LogP contribution in [0.4, 0.5) is 0 Å². The van der Waals surface area contributed by atoms with Crippen LogP contribution in [0.1, 0.15) is 79.0 Å². The van der Waals surface area contributed by atoms with Crippen molar-refractivity contribution in [3.05, 3.63) is 253 Å². The minimum atomic E-state index is -4.52. The number of benzene rings is 9. The van der Waals surface area contributed by atoms with E-state index in [4.69, 9.17) is 0 Å². The van der Waals surface area contributed by atoms with Crippen molar-refractivity contribution in [1.29, 1.82) is 0 Å². The average Bonchev–Trinajstić information content (AvgIpc) is 3.47. The van der Waals surface area contributed by atoms with E-state index in [1.54, 1.807) is 0 Å². The summed E-state index contributed by atoms with van der Waals surface area (Å²) in [4.78, 5) is 0. The summed E-state index contributed by atoms with van der Waals surface area (Å²) >= 11 is 0. The SMILES string of the molecule is CC(C)(C)c1ccccc1P(=O)(c1ccccc1)c1ccc(P(=O)(c2ccccc2)c2ccccc2)c(P(=O)(c2ccccc2)c2ccccc2C(C)(C)C)c1P(=O)(c1ccccc1)c1ccccc1C(C)(C)C. The Balaban J connectivity index is 1.71. The van der Waals surface area contributed by atoms with Crippen LogP contribution in [-0.2, 0) is 34.5 Å². The summed E-state index contributed by atoms with van der Waals surface area (Å²) in [5.74, 6) is 0. The quantitative estimate of drug-likeness (QED) is 0.114.